The Morgan fingerprint density at radius 1 is 1.12 bits per heavy atom. The second-order valence-electron chi connectivity index (χ2n) is 6.89. The zero-order chi connectivity index (χ0) is 22.5. The molecule has 0 radical (unpaired) electrons. The molecule has 2 heterocycles. The summed E-state index contributed by atoms with van der Waals surface area (Å²) in [4.78, 5) is 23.1. The van der Waals surface area contributed by atoms with Gasteiger partial charge in [0.25, 0.3) is 0 Å². The zero-order valence-electron chi connectivity index (χ0n) is 17.0. The van der Waals surface area contributed by atoms with E-state index in [1.54, 1.807) is 11.0 Å². The lowest BCUT2D eigenvalue weighted by molar-refractivity contribution is -0.118. The summed E-state index contributed by atoms with van der Waals surface area (Å²) in [7, 11) is 0. The van der Waals surface area contributed by atoms with Crippen molar-refractivity contribution in [1.82, 2.24) is 9.97 Å². The van der Waals surface area contributed by atoms with Gasteiger partial charge in [0, 0.05) is 30.3 Å². The van der Waals surface area contributed by atoms with E-state index in [-0.39, 0.29) is 36.0 Å². The van der Waals surface area contributed by atoms with Gasteiger partial charge in [-0.15, -0.1) is 17.9 Å². The van der Waals surface area contributed by atoms with Gasteiger partial charge in [-0.2, -0.15) is 0 Å². The summed E-state index contributed by atoms with van der Waals surface area (Å²) in [6.07, 6.45) is 3.16. The fourth-order valence-corrected chi connectivity index (χ4v) is 4.03. The summed E-state index contributed by atoms with van der Waals surface area (Å²) < 4.78 is 33.4. The van der Waals surface area contributed by atoms with Crippen molar-refractivity contribution >= 4 is 22.4 Å². The van der Waals surface area contributed by atoms with Gasteiger partial charge in [-0.3, -0.25) is 9.69 Å². The van der Waals surface area contributed by atoms with Crippen LogP contribution in [0.1, 0.15) is 12.3 Å². The lowest BCUT2D eigenvalue weighted by Crippen LogP contribution is -2.31. The second-order valence-corrected chi connectivity index (χ2v) is 7.73. The Hall–Kier alpha value is -3.65. The van der Waals surface area contributed by atoms with Crippen LogP contribution in [0.5, 0.6) is 0 Å². The number of oxazole rings is 1. The summed E-state index contributed by atoms with van der Waals surface area (Å²) in [6.45, 7) is 4.03. The standard InChI is InChI=1S/C24H19F2N3O2S/c1-2-13-29(24-28-19(15-32-24)16-7-4-3-5-8-16)22(30)12-11-21-27-14-20(31-21)23-17(25)9-6-10-18(23)26/h2-10,14-15H,1,11-13H2. The summed E-state index contributed by atoms with van der Waals surface area (Å²) in [5.41, 5.74) is 1.48. The molecular weight excluding hydrogens is 432 g/mol. The van der Waals surface area contributed by atoms with E-state index in [0.29, 0.717) is 11.7 Å². The first-order valence-electron chi connectivity index (χ1n) is 9.88. The van der Waals surface area contributed by atoms with Crippen molar-refractivity contribution in [2.75, 3.05) is 11.4 Å². The Balaban J connectivity index is 1.46. The fraction of sp³-hybridized carbons (Fsp3) is 0.125. The monoisotopic (exact) mass is 451 g/mol. The summed E-state index contributed by atoms with van der Waals surface area (Å²) >= 11 is 1.37. The number of rotatable bonds is 8. The normalized spacial score (nSPS) is 10.8. The third-order valence-corrected chi connectivity index (χ3v) is 5.58. The number of nitrogens with zero attached hydrogens (tertiary/aromatic N) is 3. The van der Waals surface area contributed by atoms with Gasteiger partial charge in [-0.05, 0) is 12.1 Å². The molecule has 0 spiro atoms. The highest BCUT2D eigenvalue weighted by molar-refractivity contribution is 7.14. The predicted molar refractivity (Wildman–Crippen MR) is 120 cm³/mol. The highest BCUT2D eigenvalue weighted by atomic mass is 32.1. The topological polar surface area (TPSA) is 59.2 Å². The Morgan fingerprint density at radius 2 is 1.88 bits per heavy atom. The van der Waals surface area contributed by atoms with Crippen LogP contribution in [0.15, 0.2) is 77.2 Å². The first-order chi connectivity index (χ1) is 15.6. The number of carbonyl (C=O) groups is 1. The van der Waals surface area contributed by atoms with Crippen molar-refractivity contribution in [3.63, 3.8) is 0 Å². The number of amides is 1. The molecule has 4 aromatic rings. The minimum atomic E-state index is -0.737. The van der Waals surface area contributed by atoms with Crippen LogP contribution in [-0.2, 0) is 11.2 Å². The summed E-state index contributed by atoms with van der Waals surface area (Å²) in [5.74, 6) is -1.45. The summed E-state index contributed by atoms with van der Waals surface area (Å²) in [5, 5.41) is 2.47. The molecule has 1 amide bonds. The van der Waals surface area contributed by atoms with Gasteiger partial charge >= 0.3 is 0 Å². The van der Waals surface area contributed by atoms with E-state index in [1.807, 2.05) is 35.7 Å². The maximum atomic E-state index is 14.0. The Bertz CT molecular complexity index is 1220. The largest absolute Gasteiger partial charge is 0.441 e. The molecule has 5 nitrogen and oxygen atoms in total. The molecule has 32 heavy (non-hydrogen) atoms. The van der Waals surface area contributed by atoms with Crippen molar-refractivity contribution in [1.29, 1.82) is 0 Å². The van der Waals surface area contributed by atoms with Gasteiger partial charge in [0.05, 0.1) is 17.5 Å². The molecule has 0 aliphatic carbocycles. The van der Waals surface area contributed by atoms with Crippen LogP contribution in [0.3, 0.4) is 0 Å². The summed E-state index contributed by atoms with van der Waals surface area (Å²) in [6, 6.07) is 13.3. The Labute approximate surface area is 187 Å². The van der Waals surface area contributed by atoms with Crippen LogP contribution in [0.2, 0.25) is 0 Å². The zero-order valence-corrected chi connectivity index (χ0v) is 17.8. The maximum absolute atomic E-state index is 14.0. The molecule has 4 rings (SSSR count). The average molecular weight is 451 g/mol. The van der Waals surface area contributed by atoms with Gasteiger partial charge in [0.1, 0.15) is 11.6 Å². The molecule has 162 valence electrons. The van der Waals surface area contributed by atoms with E-state index in [2.05, 4.69) is 16.5 Å². The van der Waals surface area contributed by atoms with Crippen molar-refractivity contribution in [3.05, 3.63) is 90.3 Å². The van der Waals surface area contributed by atoms with Crippen LogP contribution < -0.4 is 4.90 Å². The predicted octanol–water partition coefficient (Wildman–Crippen LogP) is 5.90. The molecule has 2 aromatic heterocycles. The second kappa shape index (κ2) is 9.65. The maximum Gasteiger partial charge on any atom is 0.229 e. The van der Waals surface area contributed by atoms with Gasteiger partial charge in [0.2, 0.25) is 5.91 Å². The molecule has 0 atom stereocenters. The molecule has 0 unspecified atom stereocenters. The number of anilines is 1. The van der Waals surface area contributed by atoms with E-state index in [1.165, 1.54) is 23.6 Å². The van der Waals surface area contributed by atoms with Gasteiger partial charge in [0.15, 0.2) is 16.8 Å². The third kappa shape index (κ3) is 4.65. The molecule has 0 N–H and O–H groups in total. The van der Waals surface area contributed by atoms with E-state index in [9.17, 15) is 13.6 Å². The fourth-order valence-electron chi connectivity index (χ4n) is 3.17. The van der Waals surface area contributed by atoms with Gasteiger partial charge < -0.3 is 4.42 Å². The van der Waals surface area contributed by atoms with Crippen molar-refractivity contribution in [2.45, 2.75) is 12.8 Å². The molecule has 0 aliphatic heterocycles. The highest BCUT2D eigenvalue weighted by Crippen LogP contribution is 2.29. The number of benzene rings is 2. The number of hydrogen-bond acceptors (Lipinski definition) is 5. The van der Waals surface area contributed by atoms with Crippen molar-refractivity contribution < 1.29 is 18.0 Å². The van der Waals surface area contributed by atoms with Crippen LogP contribution in [0.25, 0.3) is 22.6 Å². The van der Waals surface area contributed by atoms with E-state index >= 15 is 0 Å². The number of carbonyl (C=O) groups excluding carboxylic acids is 1. The van der Waals surface area contributed by atoms with E-state index in [4.69, 9.17) is 4.42 Å². The first kappa shape index (κ1) is 21.6. The van der Waals surface area contributed by atoms with E-state index < -0.39 is 11.6 Å². The van der Waals surface area contributed by atoms with Crippen LogP contribution in [0, 0.1) is 11.6 Å². The molecule has 0 bridgehead atoms. The SMILES string of the molecule is C=CCN(C(=O)CCc1ncc(-c2c(F)cccc2F)o1)c1nc(-c2ccccc2)cs1. The minimum absolute atomic E-state index is 0.0153. The lowest BCUT2D eigenvalue weighted by atomic mass is 10.1. The highest BCUT2D eigenvalue weighted by Gasteiger charge is 2.20. The Morgan fingerprint density at radius 3 is 2.59 bits per heavy atom. The number of halogens is 2. The number of aryl methyl sites for hydroxylation is 1. The molecular formula is C24H19F2N3O2S. The molecule has 8 heteroatoms. The average Bonchev–Trinajstić information content (AvgIpc) is 3.46. The van der Waals surface area contributed by atoms with Gasteiger partial charge in [-0.1, -0.05) is 42.5 Å². The molecule has 2 aromatic carbocycles. The molecule has 0 saturated heterocycles. The molecule has 0 aliphatic rings. The third-order valence-electron chi connectivity index (χ3n) is 4.72. The quantitative estimate of drug-likeness (QED) is 0.313. The van der Waals surface area contributed by atoms with Gasteiger partial charge in [-0.25, -0.2) is 18.7 Å². The van der Waals surface area contributed by atoms with Crippen LogP contribution in [-0.4, -0.2) is 22.4 Å². The van der Waals surface area contributed by atoms with Crippen LogP contribution in [0.4, 0.5) is 13.9 Å². The van der Waals surface area contributed by atoms with Crippen molar-refractivity contribution in [3.8, 4) is 22.6 Å². The number of thiazole rings is 1. The van der Waals surface area contributed by atoms with Crippen molar-refractivity contribution in [2.24, 2.45) is 0 Å². The minimum Gasteiger partial charge on any atom is -0.441 e. The molecule has 0 fully saturated rings. The number of aromatic nitrogens is 2. The molecule has 0 saturated carbocycles. The van der Waals surface area contributed by atoms with E-state index in [0.717, 1.165) is 23.4 Å². The Kier molecular flexibility index (Phi) is 6.51. The number of hydrogen-bond donors (Lipinski definition) is 0. The first-order valence-corrected chi connectivity index (χ1v) is 10.8. The lowest BCUT2D eigenvalue weighted by Gasteiger charge is -2.17. The van der Waals surface area contributed by atoms with Crippen LogP contribution >= 0.6 is 11.3 Å². The smallest absolute Gasteiger partial charge is 0.229 e.